The van der Waals surface area contributed by atoms with Crippen molar-refractivity contribution in [1.29, 1.82) is 0 Å². The summed E-state index contributed by atoms with van der Waals surface area (Å²) in [6, 6.07) is 10.0. The summed E-state index contributed by atoms with van der Waals surface area (Å²) in [6.07, 6.45) is 0. The van der Waals surface area contributed by atoms with Crippen molar-refractivity contribution >= 4 is 22.1 Å². The number of hydrogen-bond donors (Lipinski definition) is 0. The fourth-order valence-electron chi connectivity index (χ4n) is 1.44. The molecule has 0 saturated carbocycles. The topological polar surface area (TPSA) is 58.9 Å². The minimum Gasteiger partial charge on any atom is -0.145 e. The van der Waals surface area contributed by atoms with Crippen molar-refractivity contribution in [3.8, 4) is 0 Å². The van der Waals surface area contributed by atoms with E-state index in [0.29, 0.717) is 22.1 Å². The Labute approximate surface area is 79.5 Å². The molecule has 0 amide bonds. The van der Waals surface area contributed by atoms with Crippen LogP contribution in [0.5, 0.6) is 0 Å². The van der Waals surface area contributed by atoms with E-state index >= 15 is 0 Å². The maximum Gasteiger partial charge on any atom is 0.115 e. The van der Waals surface area contributed by atoms with Gasteiger partial charge >= 0.3 is 0 Å². The second-order valence-electron chi connectivity index (χ2n) is 2.83. The Morgan fingerprint density at radius 2 is 1.14 bits per heavy atom. The van der Waals surface area contributed by atoms with Crippen molar-refractivity contribution in [2.24, 2.45) is 10.4 Å². The van der Waals surface area contributed by atoms with Gasteiger partial charge in [0.05, 0.1) is 0 Å². The summed E-state index contributed by atoms with van der Waals surface area (Å²) in [5.41, 5.74) is 0.654. The van der Waals surface area contributed by atoms with Gasteiger partial charge in [0.2, 0.25) is 0 Å². The third kappa shape index (κ3) is 1.17. The van der Waals surface area contributed by atoms with Crippen LogP contribution in [0.15, 0.2) is 46.8 Å². The smallest absolute Gasteiger partial charge is 0.115 e. The highest BCUT2D eigenvalue weighted by Gasteiger charge is 2.04. The van der Waals surface area contributed by atoms with E-state index in [2.05, 4.69) is 10.4 Å². The van der Waals surface area contributed by atoms with E-state index in [0.717, 1.165) is 0 Å². The van der Waals surface area contributed by atoms with Crippen molar-refractivity contribution in [2.75, 3.05) is 0 Å². The summed E-state index contributed by atoms with van der Waals surface area (Å²) in [5, 5.41) is 7.07. The van der Waals surface area contributed by atoms with Crippen molar-refractivity contribution in [3.63, 3.8) is 0 Å². The summed E-state index contributed by atoms with van der Waals surface area (Å²) in [6.45, 7) is 0. The van der Waals surface area contributed by atoms with Crippen LogP contribution in [0.1, 0.15) is 0 Å². The number of benzene rings is 2. The van der Waals surface area contributed by atoms with Crippen LogP contribution in [-0.4, -0.2) is 0 Å². The lowest BCUT2D eigenvalue weighted by Crippen LogP contribution is -1.73. The predicted molar refractivity (Wildman–Crippen MR) is 54.9 cm³/mol. The number of rotatable bonds is 2. The number of nitrogens with zero attached hydrogens (tertiary/aromatic N) is 2. The second-order valence-corrected chi connectivity index (χ2v) is 2.83. The summed E-state index contributed by atoms with van der Waals surface area (Å²) in [5.74, 6) is 0. The van der Waals surface area contributed by atoms with Crippen LogP contribution in [0.25, 0.3) is 10.8 Å². The van der Waals surface area contributed by atoms with Crippen LogP contribution in [0.4, 0.5) is 11.4 Å². The van der Waals surface area contributed by atoms with Gasteiger partial charge < -0.3 is 0 Å². The monoisotopic (exact) mass is 186 g/mol. The normalized spacial score (nSPS) is 10.0. The van der Waals surface area contributed by atoms with E-state index in [-0.39, 0.29) is 0 Å². The molecule has 0 spiro atoms. The third-order valence-electron chi connectivity index (χ3n) is 2.07. The molecular formula is C10H6N2O2. The highest BCUT2D eigenvalue weighted by atomic mass is 16.3. The van der Waals surface area contributed by atoms with Crippen LogP contribution < -0.4 is 0 Å². The molecule has 2 aromatic carbocycles. The minimum absolute atomic E-state index is 0.327. The average Bonchev–Trinajstić information content (AvgIpc) is 2.27. The third-order valence-corrected chi connectivity index (χ3v) is 2.07. The van der Waals surface area contributed by atoms with Crippen molar-refractivity contribution in [2.45, 2.75) is 0 Å². The molecule has 0 radical (unpaired) electrons. The van der Waals surface area contributed by atoms with E-state index in [1.807, 2.05) is 0 Å². The minimum atomic E-state index is 0.327. The van der Waals surface area contributed by atoms with Gasteiger partial charge in [0.25, 0.3) is 0 Å². The molecule has 0 aliphatic heterocycles. The first-order chi connectivity index (χ1) is 6.86. The average molecular weight is 186 g/mol. The molecule has 68 valence electrons. The Morgan fingerprint density at radius 1 is 0.714 bits per heavy atom. The largest absolute Gasteiger partial charge is 0.145 e. The molecule has 0 aliphatic rings. The van der Waals surface area contributed by atoms with E-state index in [9.17, 15) is 9.81 Å². The van der Waals surface area contributed by atoms with Crippen LogP contribution in [0.3, 0.4) is 0 Å². The lowest BCUT2D eigenvalue weighted by Gasteiger charge is -2.00. The Hall–Kier alpha value is -2.10. The van der Waals surface area contributed by atoms with Gasteiger partial charge in [-0.1, -0.05) is 24.3 Å². The zero-order chi connectivity index (χ0) is 9.97. The molecule has 0 heterocycles. The highest BCUT2D eigenvalue weighted by molar-refractivity contribution is 5.99. The van der Waals surface area contributed by atoms with Gasteiger partial charge in [-0.05, 0) is 22.5 Å². The van der Waals surface area contributed by atoms with Crippen molar-refractivity contribution in [1.82, 2.24) is 0 Å². The molecule has 0 fully saturated rings. The Balaban J connectivity index is 2.90. The van der Waals surface area contributed by atoms with Crippen LogP contribution >= 0.6 is 0 Å². The molecule has 0 aliphatic carbocycles. The molecule has 4 nitrogen and oxygen atoms in total. The van der Waals surface area contributed by atoms with Gasteiger partial charge in [0.1, 0.15) is 11.4 Å². The summed E-state index contributed by atoms with van der Waals surface area (Å²) < 4.78 is 0. The Bertz CT molecular complexity index is 461. The fourth-order valence-corrected chi connectivity index (χ4v) is 1.44. The molecule has 0 bridgehead atoms. The first-order valence-corrected chi connectivity index (χ1v) is 4.05. The standard InChI is InChI=1S/C10H6N2O2/c13-11-9-5-1-3-7-8(9)4-2-6-10(7)12-14/h1-6H. The summed E-state index contributed by atoms with van der Waals surface area (Å²) in [7, 11) is 0. The van der Waals surface area contributed by atoms with Crippen LogP contribution in [0.2, 0.25) is 0 Å². The first kappa shape index (κ1) is 8.50. The number of hydrogen-bond acceptors (Lipinski definition) is 4. The molecule has 2 rings (SSSR count). The SMILES string of the molecule is O=Nc1cccc2c(N=O)cccc12. The van der Waals surface area contributed by atoms with Crippen molar-refractivity contribution in [3.05, 3.63) is 46.2 Å². The zero-order valence-corrected chi connectivity index (χ0v) is 7.18. The zero-order valence-electron chi connectivity index (χ0n) is 7.18. The molecular weight excluding hydrogens is 180 g/mol. The molecule has 0 atom stereocenters. The second kappa shape index (κ2) is 3.33. The van der Waals surface area contributed by atoms with Crippen LogP contribution in [0, 0.1) is 9.81 Å². The molecule has 0 unspecified atom stereocenters. The first-order valence-electron chi connectivity index (χ1n) is 4.05. The summed E-state index contributed by atoms with van der Waals surface area (Å²) >= 11 is 0. The number of fused-ring (bicyclic) bond motifs is 1. The quantitative estimate of drug-likeness (QED) is 0.672. The lowest BCUT2D eigenvalue weighted by atomic mass is 10.1. The van der Waals surface area contributed by atoms with E-state index in [4.69, 9.17) is 0 Å². The van der Waals surface area contributed by atoms with Crippen molar-refractivity contribution < 1.29 is 0 Å². The number of nitroso groups, excluding NO2 is 2. The molecule has 14 heavy (non-hydrogen) atoms. The van der Waals surface area contributed by atoms with E-state index in [1.165, 1.54) is 0 Å². The fraction of sp³-hybridized carbons (Fsp3) is 0. The highest BCUT2D eigenvalue weighted by Crippen LogP contribution is 2.31. The van der Waals surface area contributed by atoms with Gasteiger partial charge in [0.15, 0.2) is 0 Å². The van der Waals surface area contributed by atoms with Crippen LogP contribution in [-0.2, 0) is 0 Å². The maximum atomic E-state index is 10.5. The van der Waals surface area contributed by atoms with Gasteiger partial charge in [-0.3, -0.25) is 0 Å². The predicted octanol–water partition coefficient (Wildman–Crippen LogP) is 3.64. The van der Waals surface area contributed by atoms with E-state index in [1.54, 1.807) is 36.4 Å². The van der Waals surface area contributed by atoms with Gasteiger partial charge in [-0.25, -0.2) is 0 Å². The molecule has 0 saturated heterocycles. The Kier molecular flexibility index (Phi) is 2.02. The molecule has 2 aromatic rings. The maximum absolute atomic E-state index is 10.5. The summed E-state index contributed by atoms with van der Waals surface area (Å²) in [4.78, 5) is 20.9. The van der Waals surface area contributed by atoms with Gasteiger partial charge in [-0.15, -0.1) is 9.81 Å². The lowest BCUT2D eigenvalue weighted by molar-refractivity contribution is 1.50. The molecule has 0 aromatic heterocycles. The molecule has 4 heteroatoms. The van der Waals surface area contributed by atoms with Gasteiger partial charge in [0, 0.05) is 10.8 Å². The van der Waals surface area contributed by atoms with Gasteiger partial charge in [-0.2, -0.15) is 0 Å². The van der Waals surface area contributed by atoms with E-state index < -0.39 is 0 Å². The molecule has 0 N–H and O–H groups in total. The Morgan fingerprint density at radius 3 is 1.50 bits per heavy atom.